The summed E-state index contributed by atoms with van der Waals surface area (Å²) in [5.74, 6) is -0.0806. The van der Waals surface area contributed by atoms with Gasteiger partial charge < -0.3 is 14.8 Å². The normalized spacial score (nSPS) is 17.8. The second-order valence-electron chi connectivity index (χ2n) is 5.96. The summed E-state index contributed by atoms with van der Waals surface area (Å²) in [4.78, 5) is 22.3. The Morgan fingerprint density at radius 2 is 2.04 bits per heavy atom. The number of nitriles is 1. The predicted octanol–water partition coefficient (Wildman–Crippen LogP) is 3.52. The molecular weight excluding hydrogens is 362 g/mol. The molecule has 0 saturated carbocycles. The van der Waals surface area contributed by atoms with Crippen LogP contribution >= 0.6 is 0 Å². The average molecular weight is 379 g/mol. The molecular formula is C20H17N3O5. The Labute approximate surface area is 161 Å². The van der Waals surface area contributed by atoms with Crippen LogP contribution in [-0.4, -0.2) is 23.6 Å². The minimum atomic E-state index is -0.710. The van der Waals surface area contributed by atoms with Gasteiger partial charge in [0.25, 0.3) is 5.69 Å². The van der Waals surface area contributed by atoms with Crippen LogP contribution in [0.4, 0.5) is 11.4 Å². The van der Waals surface area contributed by atoms with Crippen molar-refractivity contribution < 1.29 is 19.2 Å². The number of esters is 1. The van der Waals surface area contributed by atoms with Crippen molar-refractivity contribution in [1.29, 1.82) is 5.26 Å². The molecule has 2 atom stereocenters. The summed E-state index contributed by atoms with van der Waals surface area (Å²) in [6, 6.07) is 14.8. The highest BCUT2D eigenvalue weighted by Gasteiger charge is 2.34. The molecule has 3 rings (SSSR count). The number of nitro benzene ring substituents is 1. The van der Waals surface area contributed by atoms with Crippen molar-refractivity contribution in [2.24, 2.45) is 0 Å². The zero-order valence-corrected chi connectivity index (χ0v) is 15.0. The van der Waals surface area contributed by atoms with Crippen LogP contribution in [0.15, 0.2) is 60.2 Å². The highest BCUT2D eigenvalue weighted by atomic mass is 16.6. The summed E-state index contributed by atoms with van der Waals surface area (Å²) in [6.45, 7) is 1.82. The van der Waals surface area contributed by atoms with Gasteiger partial charge in [0.15, 0.2) is 0 Å². The summed E-state index contributed by atoms with van der Waals surface area (Å²) in [5, 5.41) is 23.4. The van der Waals surface area contributed by atoms with Gasteiger partial charge in [-0.3, -0.25) is 10.1 Å². The molecule has 0 aliphatic carbocycles. The van der Waals surface area contributed by atoms with Crippen molar-refractivity contribution in [2.75, 3.05) is 11.9 Å². The molecule has 2 aromatic carbocycles. The summed E-state index contributed by atoms with van der Waals surface area (Å²) >= 11 is 0. The van der Waals surface area contributed by atoms with E-state index in [9.17, 15) is 20.2 Å². The van der Waals surface area contributed by atoms with E-state index in [0.29, 0.717) is 11.4 Å². The lowest BCUT2D eigenvalue weighted by molar-refractivity contribution is -0.384. The van der Waals surface area contributed by atoms with Gasteiger partial charge in [-0.25, -0.2) is 4.79 Å². The number of fused-ring (bicyclic) bond motifs is 1. The number of carbonyl (C=O) groups excluding carboxylic acids is 1. The zero-order chi connectivity index (χ0) is 20.1. The maximum Gasteiger partial charge on any atom is 0.348 e. The molecule has 0 fully saturated rings. The van der Waals surface area contributed by atoms with Gasteiger partial charge in [0.1, 0.15) is 23.5 Å². The molecule has 0 saturated heterocycles. The molecule has 0 amide bonds. The lowest BCUT2D eigenvalue weighted by Gasteiger charge is -2.19. The topological polar surface area (TPSA) is 114 Å². The Bertz CT molecular complexity index is 963. The van der Waals surface area contributed by atoms with Gasteiger partial charge in [-0.05, 0) is 31.2 Å². The molecule has 0 bridgehead atoms. The van der Waals surface area contributed by atoms with E-state index in [1.807, 2.05) is 24.3 Å². The molecule has 142 valence electrons. The Morgan fingerprint density at radius 3 is 2.68 bits per heavy atom. The van der Waals surface area contributed by atoms with Crippen molar-refractivity contribution in [3.05, 3.63) is 75.9 Å². The first kappa shape index (κ1) is 18.9. The van der Waals surface area contributed by atoms with Crippen LogP contribution in [0.3, 0.4) is 0 Å². The fraction of sp³-hybridized carbons (Fsp3) is 0.200. The Balaban J connectivity index is 1.91. The molecule has 0 radical (unpaired) electrons. The molecule has 2 unspecified atom stereocenters. The van der Waals surface area contributed by atoms with Crippen molar-refractivity contribution in [1.82, 2.24) is 0 Å². The molecule has 28 heavy (non-hydrogen) atoms. The fourth-order valence-corrected chi connectivity index (χ4v) is 2.91. The number of ether oxygens (including phenoxy) is 2. The summed E-state index contributed by atoms with van der Waals surface area (Å²) in [6.07, 6.45) is 0.799. The summed E-state index contributed by atoms with van der Waals surface area (Å²) < 4.78 is 10.8. The molecule has 1 heterocycles. The van der Waals surface area contributed by atoms with Crippen LogP contribution < -0.4 is 10.1 Å². The minimum absolute atomic E-state index is 0.0147. The molecule has 1 aliphatic heterocycles. The monoisotopic (exact) mass is 379 g/mol. The van der Waals surface area contributed by atoms with E-state index < -0.39 is 23.0 Å². The van der Waals surface area contributed by atoms with E-state index in [2.05, 4.69) is 5.32 Å². The number of nitrogens with zero attached hydrogens (tertiary/aromatic N) is 2. The second-order valence-corrected chi connectivity index (χ2v) is 5.96. The molecule has 0 aromatic heterocycles. The fourth-order valence-electron chi connectivity index (χ4n) is 2.91. The molecule has 2 aromatic rings. The van der Waals surface area contributed by atoms with E-state index in [1.54, 1.807) is 25.1 Å². The standard InChI is InChI=1S/C20H17N3O5/c1-2-27-20(24)13(12-21)11-18-19(16-5-3-4-6-17(16)28-18)22-14-7-9-15(10-8-14)23(25)26/h3-11,18-19,22H,2H2,1H3/b13-11-. The van der Waals surface area contributed by atoms with Crippen molar-refractivity contribution in [2.45, 2.75) is 19.1 Å². The van der Waals surface area contributed by atoms with Crippen molar-refractivity contribution in [3.8, 4) is 11.8 Å². The molecule has 8 nitrogen and oxygen atoms in total. The van der Waals surface area contributed by atoms with Gasteiger partial charge >= 0.3 is 5.97 Å². The van der Waals surface area contributed by atoms with Crippen LogP contribution in [0.1, 0.15) is 18.5 Å². The van der Waals surface area contributed by atoms with Crippen LogP contribution in [0, 0.1) is 21.4 Å². The number of hydrogen-bond donors (Lipinski definition) is 1. The van der Waals surface area contributed by atoms with Crippen LogP contribution in [-0.2, 0) is 9.53 Å². The minimum Gasteiger partial charge on any atom is -0.483 e. The molecule has 1 N–H and O–H groups in total. The number of nitro groups is 1. The van der Waals surface area contributed by atoms with Gasteiger partial charge in [-0.1, -0.05) is 18.2 Å². The largest absolute Gasteiger partial charge is 0.483 e. The number of benzene rings is 2. The summed E-state index contributed by atoms with van der Waals surface area (Å²) in [5.41, 5.74) is 1.33. The maximum absolute atomic E-state index is 11.9. The number of para-hydroxylation sites is 1. The highest BCUT2D eigenvalue weighted by Crippen LogP contribution is 2.39. The van der Waals surface area contributed by atoms with Gasteiger partial charge in [-0.2, -0.15) is 5.26 Å². The van der Waals surface area contributed by atoms with Gasteiger partial charge in [0, 0.05) is 23.4 Å². The van der Waals surface area contributed by atoms with E-state index in [0.717, 1.165) is 5.56 Å². The van der Waals surface area contributed by atoms with Crippen LogP contribution in [0.5, 0.6) is 5.75 Å². The lowest BCUT2D eigenvalue weighted by atomic mass is 10.0. The first-order chi connectivity index (χ1) is 13.5. The van der Waals surface area contributed by atoms with Gasteiger partial charge in [0.05, 0.1) is 17.6 Å². The Kier molecular flexibility index (Phi) is 5.56. The number of carbonyl (C=O) groups is 1. The second kappa shape index (κ2) is 8.22. The number of nitrogens with one attached hydrogen (secondary N) is 1. The van der Waals surface area contributed by atoms with E-state index in [-0.39, 0.29) is 17.9 Å². The molecule has 0 spiro atoms. The number of non-ortho nitro benzene ring substituents is 1. The third kappa shape index (κ3) is 3.94. The maximum atomic E-state index is 11.9. The molecule has 8 heteroatoms. The highest BCUT2D eigenvalue weighted by molar-refractivity contribution is 5.92. The first-order valence-electron chi connectivity index (χ1n) is 8.59. The van der Waals surface area contributed by atoms with E-state index in [4.69, 9.17) is 9.47 Å². The SMILES string of the molecule is CCOC(=O)/C(C#N)=C\C1Oc2ccccc2C1Nc1ccc([N+](=O)[O-])cc1. The Hall–Kier alpha value is -3.86. The smallest absolute Gasteiger partial charge is 0.348 e. The van der Waals surface area contributed by atoms with Gasteiger partial charge in [0.2, 0.25) is 0 Å². The first-order valence-corrected chi connectivity index (χ1v) is 8.59. The number of hydrogen-bond acceptors (Lipinski definition) is 7. The zero-order valence-electron chi connectivity index (χ0n) is 15.0. The average Bonchev–Trinajstić information content (AvgIpc) is 3.04. The van der Waals surface area contributed by atoms with Crippen LogP contribution in [0.2, 0.25) is 0 Å². The molecule has 1 aliphatic rings. The summed E-state index contributed by atoms with van der Waals surface area (Å²) in [7, 11) is 0. The van der Waals surface area contributed by atoms with Crippen molar-refractivity contribution in [3.63, 3.8) is 0 Å². The predicted molar refractivity (Wildman–Crippen MR) is 101 cm³/mol. The van der Waals surface area contributed by atoms with E-state index >= 15 is 0 Å². The van der Waals surface area contributed by atoms with Crippen molar-refractivity contribution >= 4 is 17.3 Å². The number of anilines is 1. The number of rotatable bonds is 6. The van der Waals surface area contributed by atoms with Gasteiger partial charge in [-0.15, -0.1) is 0 Å². The third-order valence-electron chi connectivity index (χ3n) is 4.19. The Morgan fingerprint density at radius 1 is 1.32 bits per heavy atom. The third-order valence-corrected chi connectivity index (χ3v) is 4.19. The quantitative estimate of drug-likeness (QED) is 0.268. The van der Waals surface area contributed by atoms with E-state index in [1.165, 1.54) is 18.2 Å². The van der Waals surface area contributed by atoms with Crippen LogP contribution in [0.25, 0.3) is 0 Å². The lowest BCUT2D eigenvalue weighted by Crippen LogP contribution is -2.24.